The number of hydrogen-bond acceptors (Lipinski definition) is 4. The van der Waals surface area contributed by atoms with Gasteiger partial charge >= 0.3 is 0 Å². The molecular formula is C16H26N2O2. The SMILES string of the molecule is CC(C)c1cccc(NCC(O)CN2CCOCC2)c1. The van der Waals surface area contributed by atoms with Crippen LogP contribution in [0.4, 0.5) is 5.69 Å². The van der Waals surface area contributed by atoms with E-state index in [0.717, 1.165) is 32.0 Å². The van der Waals surface area contributed by atoms with Crippen LogP contribution in [0.3, 0.4) is 0 Å². The molecule has 1 heterocycles. The van der Waals surface area contributed by atoms with E-state index in [-0.39, 0.29) is 6.10 Å². The zero-order chi connectivity index (χ0) is 14.4. The number of anilines is 1. The minimum absolute atomic E-state index is 0.351. The summed E-state index contributed by atoms with van der Waals surface area (Å²) in [5, 5.41) is 13.4. The zero-order valence-electron chi connectivity index (χ0n) is 12.5. The predicted octanol–water partition coefficient (Wildman–Crippen LogP) is 1.92. The van der Waals surface area contributed by atoms with Crippen LogP contribution in [0.15, 0.2) is 24.3 Å². The standard InChI is InChI=1S/C16H26N2O2/c1-13(2)14-4-3-5-15(10-14)17-11-16(19)12-18-6-8-20-9-7-18/h3-5,10,13,16-17,19H,6-9,11-12H2,1-2H3. The lowest BCUT2D eigenvalue weighted by Crippen LogP contribution is -2.42. The van der Waals surface area contributed by atoms with Gasteiger partial charge in [-0.05, 0) is 23.6 Å². The Morgan fingerprint density at radius 2 is 2.05 bits per heavy atom. The highest BCUT2D eigenvalue weighted by molar-refractivity contribution is 5.46. The Bertz CT molecular complexity index is 403. The lowest BCUT2D eigenvalue weighted by atomic mass is 10.0. The second kappa shape index (κ2) is 7.62. The minimum Gasteiger partial charge on any atom is -0.390 e. The molecule has 1 aromatic rings. The molecule has 1 aliphatic rings. The number of nitrogens with zero attached hydrogens (tertiary/aromatic N) is 1. The van der Waals surface area contributed by atoms with Gasteiger partial charge in [0.2, 0.25) is 0 Å². The molecule has 1 aromatic carbocycles. The van der Waals surface area contributed by atoms with Crippen LogP contribution < -0.4 is 5.32 Å². The van der Waals surface area contributed by atoms with E-state index in [1.165, 1.54) is 5.56 Å². The Morgan fingerprint density at radius 1 is 1.30 bits per heavy atom. The van der Waals surface area contributed by atoms with Crippen molar-refractivity contribution in [3.05, 3.63) is 29.8 Å². The number of aliphatic hydroxyl groups excluding tert-OH is 1. The average Bonchev–Trinajstić information content (AvgIpc) is 2.46. The summed E-state index contributed by atoms with van der Waals surface area (Å²) in [6.45, 7) is 9.05. The first kappa shape index (κ1) is 15.3. The fraction of sp³-hybridized carbons (Fsp3) is 0.625. The van der Waals surface area contributed by atoms with Crippen molar-refractivity contribution < 1.29 is 9.84 Å². The van der Waals surface area contributed by atoms with Crippen LogP contribution in [0.5, 0.6) is 0 Å². The van der Waals surface area contributed by atoms with Gasteiger partial charge in [0.25, 0.3) is 0 Å². The monoisotopic (exact) mass is 278 g/mol. The number of morpholine rings is 1. The van der Waals surface area contributed by atoms with Gasteiger partial charge in [-0.15, -0.1) is 0 Å². The molecule has 0 aliphatic carbocycles. The third-order valence-corrected chi connectivity index (χ3v) is 3.67. The molecule has 20 heavy (non-hydrogen) atoms. The molecular weight excluding hydrogens is 252 g/mol. The molecule has 0 radical (unpaired) electrons. The van der Waals surface area contributed by atoms with E-state index in [2.05, 4.69) is 42.3 Å². The average molecular weight is 278 g/mol. The number of nitrogens with one attached hydrogen (secondary N) is 1. The van der Waals surface area contributed by atoms with Gasteiger partial charge in [0, 0.05) is 31.9 Å². The number of benzene rings is 1. The number of β-amino-alcohol motifs (C(OH)–C–C–N with tert-alkyl or cyclic N) is 1. The van der Waals surface area contributed by atoms with Gasteiger partial charge in [-0.2, -0.15) is 0 Å². The molecule has 1 aliphatic heterocycles. The van der Waals surface area contributed by atoms with E-state index in [1.54, 1.807) is 0 Å². The molecule has 1 fully saturated rings. The van der Waals surface area contributed by atoms with Gasteiger partial charge < -0.3 is 15.2 Å². The summed E-state index contributed by atoms with van der Waals surface area (Å²) in [5.41, 5.74) is 2.40. The van der Waals surface area contributed by atoms with E-state index in [4.69, 9.17) is 4.74 Å². The fourth-order valence-electron chi connectivity index (χ4n) is 2.39. The molecule has 1 atom stereocenters. The van der Waals surface area contributed by atoms with Gasteiger partial charge in [0.15, 0.2) is 0 Å². The summed E-state index contributed by atoms with van der Waals surface area (Å²) < 4.78 is 5.31. The molecule has 0 aromatic heterocycles. The first-order chi connectivity index (χ1) is 9.65. The van der Waals surface area contributed by atoms with Gasteiger partial charge in [-0.3, -0.25) is 4.90 Å². The third-order valence-electron chi connectivity index (χ3n) is 3.67. The highest BCUT2D eigenvalue weighted by atomic mass is 16.5. The molecule has 1 unspecified atom stereocenters. The minimum atomic E-state index is -0.351. The Balaban J connectivity index is 1.77. The molecule has 0 spiro atoms. The Morgan fingerprint density at radius 3 is 2.75 bits per heavy atom. The van der Waals surface area contributed by atoms with E-state index >= 15 is 0 Å². The highest BCUT2D eigenvalue weighted by Gasteiger charge is 2.14. The molecule has 2 rings (SSSR count). The lowest BCUT2D eigenvalue weighted by molar-refractivity contribution is 0.0171. The summed E-state index contributed by atoms with van der Waals surface area (Å²) >= 11 is 0. The van der Waals surface area contributed by atoms with Crippen LogP contribution in [-0.2, 0) is 4.74 Å². The Labute approximate surface area is 121 Å². The van der Waals surface area contributed by atoms with Crippen molar-refractivity contribution in [2.45, 2.75) is 25.9 Å². The maximum atomic E-state index is 10.1. The zero-order valence-corrected chi connectivity index (χ0v) is 12.5. The first-order valence-electron chi connectivity index (χ1n) is 7.47. The van der Waals surface area contributed by atoms with Crippen LogP contribution in [0.25, 0.3) is 0 Å². The maximum absolute atomic E-state index is 10.1. The van der Waals surface area contributed by atoms with Crippen molar-refractivity contribution in [3.63, 3.8) is 0 Å². The van der Waals surface area contributed by atoms with Crippen LogP contribution in [0.2, 0.25) is 0 Å². The van der Waals surface area contributed by atoms with Crippen LogP contribution in [-0.4, -0.2) is 55.5 Å². The largest absolute Gasteiger partial charge is 0.390 e. The third kappa shape index (κ3) is 4.78. The Kier molecular flexibility index (Phi) is 5.83. The van der Waals surface area contributed by atoms with Crippen molar-refractivity contribution in [1.82, 2.24) is 4.90 Å². The summed E-state index contributed by atoms with van der Waals surface area (Å²) in [6, 6.07) is 8.41. The molecule has 112 valence electrons. The predicted molar refractivity (Wildman–Crippen MR) is 82.3 cm³/mol. The van der Waals surface area contributed by atoms with Gasteiger partial charge in [0.05, 0.1) is 19.3 Å². The molecule has 4 nitrogen and oxygen atoms in total. The molecule has 4 heteroatoms. The molecule has 1 saturated heterocycles. The maximum Gasteiger partial charge on any atom is 0.0839 e. The summed E-state index contributed by atoms with van der Waals surface area (Å²) in [5.74, 6) is 0.523. The van der Waals surface area contributed by atoms with Crippen LogP contribution >= 0.6 is 0 Å². The van der Waals surface area contributed by atoms with E-state index in [9.17, 15) is 5.11 Å². The number of hydrogen-bond donors (Lipinski definition) is 2. The van der Waals surface area contributed by atoms with Gasteiger partial charge in [-0.25, -0.2) is 0 Å². The molecule has 2 N–H and O–H groups in total. The summed E-state index contributed by atoms with van der Waals surface area (Å²) in [4.78, 5) is 2.25. The van der Waals surface area contributed by atoms with E-state index in [0.29, 0.717) is 19.0 Å². The quantitative estimate of drug-likeness (QED) is 0.834. The smallest absolute Gasteiger partial charge is 0.0839 e. The second-order valence-electron chi connectivity index (χ2n) is 5.73. The highest BCUT2D eigenvalue weighted by Crippen LogP contribution is 2.18. The van der Waals surface area contributed by atoms with E-state index in [1.807, 2.05) is 6.07 Å². The second-order valence-corrected chi connectivity index (χ2v) is 5.73. The number of aliphatic hydroxyl groups is 1. The topological polar surface area (TPSA) is 44.7 Å². The number of ether oxygens (including phenoxy) is 1. The van der Waals surface area contributed by atoms with Crippen LogP contribution in [0.1, 0.15) is 25.3 Å². The van der Waals surface area contributed by atoms with Gasteiger partial charge in [-0.1, -0.05) is 26.0 Å². The van der Waals surface area contributed by atoms with Crippen LogP contribution in [0, 0.1) is 0 Å². The van der Waals surface area contributed by atoms with Crippen molar-refractivity contribution in [3.8, 4) is 0 Å². The van der Waals surface area contributed by atoms with Crippen molar-refractivity contribution in [1.29, 1.82) is 0 Å². The summed E-state index contributed by atoms with van der Waals surface area (Å²) in [6.07, 6.45) is -0.351. The molecule has 0 bridgehead atoms. The van der Waals surface area contributed by atoms with E-state index < -0.39 is 0 Å². The van der Waals surface area contributed by atoms with Crippen molar-refractivity contribution in [2.75, 3.05) is 44.7 Å². The Hall–Kier alpha value is -1.10. The summed E-state index contributed by atoms with van der Waals surface area (Å²) in [7, 11) is 0. The van der Waals surface area contributed by atoms with Crippen molar-refractivity contribution >= 4 is 5.69 Å². The van der Waals surface area contributed by atoms with Gasteiger partial charge in [0.1, 0.15) is 0 Å². The number of rotatable bonds is 6. The first-order valence-corrected chi connectivity index (χ1v) is 7.47. The van der Waals surface area contributed by atoms with Crippen molar-refractivity contribution in [2.24, 2.45) is 0 Å². The normalized spacial score (nSPS) is 18.2. The molecule has 0 amide bonds. The lowest BCUT2D eigenvalue weighted by Gasteiger charge is -2.28. The fourth-order valence-corrected chi connectivity index (χ4v) is 2.39. The molecule has 0 saturated carbocycles.